The van der Waals surface area contributed by atoms with E-state index in [4.69, 9.17) is 11.6 Å². The molecule has 0 bridgehead atoms. The number of amides is 1. The van der Waals surface area contributed by atoms with E-state index >= 15 is 0 Å². The SMILES string of the molecule is CC(C)n1cc(C(=O)Nc2cccc(Br)c2)c(=O)c2cc(Cl)ccc21. The Morgan fingerprint density at radius 1 is 1.20 bits per heavy atom. The topological polar surface area (TPSA) is 51.1 Å². The minimum atomic E-state index is -0.445. The van der Waals surface area contributed by atoms with Gasteiger partial charge in [-0.2, -0.15) is 0 Å². The number of pyridine rings is 1. The van der Waals surface area contributed by atoms with Crippen molar-refractivity contribution >= 4 is 50.0 Å². The lowest BCUT2D eigenvalue weighted by Crippen LogP contribution is -2.24. The third kappa shape index (κ3) is 3.62. The summed E-state index contributed by atoms with van der Waals surface area (Å²) in [5.74, 6) is -0.445. The highest BCUT2D eigenvalue weighted by Gasteiger charge is 2.17. The van der Waals surface area contributed by atoms with Gasteiger partial charge >= 0.3 is 0 Å². The number of aromatic nitrogens is 1. The Kier molecular flexibility index (Phi) is 4.97. The van der Waals surface area contributed by atoms with Gasteiger partial charge in [-0.1, -0.05) is 33.6 Å². The average molecular weight is 420 g/mol. The van der Waals surface area contributed by atoms with E-state index in [2.05, 4.69) is 21.2 Å². The Morgan fingerprint density at radius 3 is 2.64 bits per heavy atom. The highest BCUT2D eigenvalue weighted by atomic mass is 79.9. The summed E-state index contributed by atoms with van der Waals surface area (Å²) in [5.41, 5.74) is 1.12. The van der Waals surface area contributed by atoms with Crippen molar-refractivity contribution in [2.75, 3.05) is 5.32 Å². The fourth-order valence-electron chi connectivity index (χ4n) is 2.68. The molecule has 1 N–H and O–H groups in total. The standard InChI is InChI=1S/C19H16BrClN2O2/c1-11(2)23-10-16(18(24)15-9-13(21)6-7-17(15)23)19(25)22-14-5-3-4-12(20)8-14/h3-11H,1-2H3,(H,22,25). The number of halogens is 2. The molecule has 0 saturated carbocycles. The maximum atomic E-state index is 12.8. The summed E-state index contributed by atoms with van der Waals surface area (Å²) in [7, 11) is 0. The minimum Gasteiger partial charge on any atom is -0.344 e. The van der Waals surface area contributed by atoms with Crippen LogP contribution in [0, 0.1) is 0 Å². The van der Waals surface area contributed by atoms with Crippen molar-refractivity contribution in [2.24, 2.45) is 0 Å². The Labute approximate surface area is 158 Å². The fraction of sp³-hybridized carbons (Fsp3) is 0.158. The zero-order chi connectivity index (χ0) is 18.1. The number of nitrogens with zero attached hydrogens (tertiary/aromatic N) is 1. The Bertz CT molecular complexity index is 1030. The van der Waals surface area contributed by atoms with E-state index in [0.717, 1.165) is 9.99 Å². The summed E-state index contributed by atoms with van der Waals surface area (Å²) in [6.45, 7) is 3.99. The quantitative estimate of drug-likeness (QED) is 0.630. The van der Waals surface area contributed by atoms with Gasteiger partial charge in [-0.15, -0.1) is 0 Å². The van der Waals surface area contributed by atoms with E-state index in [1.54, 1.807) is 36.5 Å². The maximum Gasteiger partial charge on any atom is 0.261 e. The molecular weight excluding hydrogens is 404 g/mol. The monoisotopic (exact) mass is 418 g/mol. The maximum absolute atomic E-state index is 12.8. The molecule has 0 spiro atoms. The van der Waals surface area contributed by atoms with Gasteiger partial charge in [0.15, 0.2) is 0 Å². The summed E-state index contributed by atoms with van der Waals surface area (Å²) < 4.78 is 2.75. The number of rotatable bonds is 3. The molecule has 0 fully saturated rings. The molecule has 1 aromatic heterocycles. The van der Waals surface area contributed by atoms with Gasteiger partial charge in [0.05, 0.1) is 5.52 Å². The van der Waals surface area contributed by atoms with Crippen molar-refractivity contribution in [3.63, 3.8) is 0 Å². The lowest BCUT2D eigenvalue weighted by molar-refractivity contribution is 0.102. The van der Waals surface area contributed by atoms with Gasteiger partial charge < -0.3 is 9.88 Å². The van der Waals surface area contributed by atoms with E-state index in [0.29, 0.717) is 16.1 Å². The first-order valence-electron chi connectivity index (χ1n) is 7.78. The highest BCUT2D eigenvalue weighted by Crippen LogP contribution is 2.21. The van der Waals surface area contributed by atoms with E-state index in [1.807, 2.05) is 30.5 Å². The van der Waals surface area contributed by atoms with Crippen molar-refractivity contribution in [3.8, 4) is 0 Å². The largest absolute Gasteiger partial charge is 0.344 e. The van der Waals surface area contributed by atoms with E-state index < -0.39 is 5.91 Å². The van der Waals surface area contributed by atoms with Crippen LogP contribution in [0.5, 0.6) is 0 Å². The molecule has 0 aliphatic rings. The van der Waals surface area contributed by atoms with Crippen molar-refractivity contribution in [3.05, 3.63) is 73.9 Å². The fourth-order valence-corrected chi connectivity index (χ4v) is 3.25. The summed E-state index contributed by atoms with van der Waals surface area (Å²) in [4.78, 5) is 25.5. The van der Waals surface area contributed by atoms with Crippen molar-refractivity contribution in [2.45, 2.75) is 19.9 Å². The molecule has 0 atom stereocenters. The van der Waals surface area contributed by atoms with Crippen LogP contribution in [0.2, 0.25) is 5.02 Å². The zero-order valence-electron chi connectivity index (χ0n) is 13.7. The molecule has 3 rings (SSSR count). The third-order valence-corrected chi connectivity index (χ3v) is 4.61. The lowest BCUT2D eigenvalue weighted by atomic mass is 10.1. The highest BCUT2D eigenvalue weighted by molar-refractivity contribution is 9.10. The lowest BCUT2D eigenvalue weighted by Gasteiger charge is -2.17. The number of carbonyl (C=O) groups is 1. The van der Waals surface area contributed by atoms with Crippen LogP contribution in [0.25, 0.3) is 10.9 Å². The molecule has 2 aromatic carbocycles. The number of benzene rings is 2. The first-order chi connectivity index (χ1) is 11.9. The van der Waals surface area contributed by atoms with Crippen LogP contribution in [0.3, 0.4) is 0 Å². The molecule has 25 heavy (non-hydrogen) atoms. The number of carbonyl (C=O) groups excluding carboxylic acids is 1. The predicted octanol–water partition coefficient (Wildman–Crippen LogP) is 5.25. The van der Waals surface area contributed by atoms with Crippen LogP contribution >= 0.6 is 27.5 Å². The molecule has 6 heteroatoms. The molecule has 0 radical (unpaired) electrons. The smallest absolute Gasteiger partial charge is 0.261 e. The van der Waals surface area contributed by atoms with E-state index in [1.165, 1.54) is 0 Å². The molecular formula is C19H16BrClN2O2. The first kappa shape index (κ1) is 17.7. The molecule has 1 amide bonds. The van der Waals surface area contributed by atoms with Crippen LogP contribution in [0.1, 0.15) is 30.2 Å². The van der Waals surface area contributed by atoms with E-state index in [-0.39, 0.29) is 17.0 Å². The minimum absolute atomic E-state index is 0.0849. The molecule has 3 aromatic rings. The second-order valence-electron chi connectivity index (χ2n) is 6.00. The van der Waals surface area contributed by atoms with Gasteiger partial charge in [-0.05, 0) is 50.2 Å². The van der Waals surface area contributed by atoms with Crippen LogP contribution in [-0.4, -0.2) is 10.5 Å². The van der Waals surface area contributed by atoms with Gasteiger partial charge in [-0.25, -0.2) is 0 Å². The second-order valence-corrected chi connectivity index (χ2v) is 7.35. The second kappa shape index (κ2) is 7.02. The Hall–Kier alpha value is -2.11. The molecule has 128 valence electrons. The Balaban J connectivity index is 2.13. The normalized spacial score (nSPS) is 11.1. The molecule has 1 heterocycles. The summed E-state index contributed by atoms with van der Waals surface area (Å²) >= 11 is 9.41. The van der Waals surface area contributed by atoms with Crippen LogP contribution in [0.4, 0.5) is 5.69 Å². The van der Waals surface area contributed by atoms with Crippen molar-refractivity contribution < 1.29 is 4.79 Å². The van der Waals surface area contributed by atoms with Gasteiger partial charge in [0.25, 0.3) is 5.91 Å². The van der Waals surface area contributed by atoms with Gasteiger partial charge in [-0.3, -0.25) is 9.59 Å². The number of hydrogen-bond donors (Lipinski definition) is 1. The Morgan fingerprint density at radius 2 is 1.96 bits per heavy atom. The van der Waals surface area contributed by atoms with E-state index in [9.17, 15) is 9.59 Å². The molecule has 0 aliphatic heterocycles. The van der Waals surface area contributed by atoms with Crippen LogP contribution in [-0.2, 0) is 0 Å². The van der Waals surface area contributed by atoms with Crippen LogP contribution in [0.15, 0.2) is 57.9 Å². The van der Waals surface area contributed by atoms with Crippen molar-refractivity contribution in [1.29, 1.82) is 0 Å². The number of anilines is 1. The molecule has 0 saturated heterocycles. The number of fused-ring (bicyclic) bond motifs is 1. The van der Waals surface area contributed by atoms with Crippen molar-refractivity contribution in [1.82, 2.24) is 4.57 Å². The van der Waals surface area contributed by atoms with Gasteiger partial charge in [0.2, 0.25) is 5.43 Å². The molecule has 4 nitrogen and oxygen atoms in total. The molecule has 0 aliphatic carbocycles. The average Bonchev–Trinajstić information content (AvgIpc) is 2.55. The van der Waals surface area contributed by atoms with Gasteiger partial charge in [0, 0.05) is 32.8 Å². The zero-order valence-corrected chi connectivity index (χ0v) is 16.1. The first-order valence-corrected chi connectivity index (χ1v) is 8.95. The van der Waals surface area contributed by atoms with Crippen LogP contribution < -0.4 is 10.7 Å². The summed E-state index contributed by atoms with van der Waals surface area (Å²) in [6, 6.07) is 12.4. The summed E-state index contributed by atoms with van der Waals surface area (Å²) in [6.07, 6.45) is 1.61. The number of nitrogens with one attached hydrogen (secondary N) is 1. The van der Waals surface area contributed by atoms with Gasteiger partial charge in [0.1, 0.15) is 5.56 Å². The predicted molar refractivity (Wildman–Crippen MR) is 106 cm³/mol. The number of hydrogen-bond acceptors (Lipinski definition) is 2. The molecule has 0 unspecified atom stereocenters. The summed E-state index contributed by atoms with van der Waals surface area (Å²) in [5, 5.41) is 3.67. The third-order valence-electron chi connectivity index (χ3n) is 3.88.